The van der Waals surface area contributed by atoms with Gasteiger partial charge in [-0.25, -0.2) is 13.6 Å². The van der Waals surface area contributed by atoms with E-state index in [-0.39, 0.29) is 47.4 Å². The van der Waals surface area contributed by atoms with Crippen molar-refractivity contribution in [3.05, 3.63) is 53.6 Å². The number of ether oxygens (including phenoxy) is 5. The fraction of sp³-hybridized carbons (Fsp3) is 0.457. The van der Waals surface area contributed by atoms with Crippen molar-refractivity contribution in [3.8, 4) is 22.9 Å². The van der Waals surface area contributed by atoms with Crippen LogP contribution < -0.4 is 14.4 Å². The van der Waals surface area contributed by atoms with Crippen LogP contribution in [0.2, 0.25) is 0 Å². The number of piperazine rings is 1. The zero-order valence-corrected chi connectivity index (χ0v) is 27.6. The van der Waals surface area contributed by atoms with E-state index in [1.165, 1.54) is 20.3 Å². The van der Waals surface area contributed by atoms with Crippen LogP contribution in [-0.2, 0) is 20.6 Å². The molecule has 3 heterocycles. The lowest BCUT2D eigenvalue weighted by atomic mass is 9.91. The molecule has 250 valence electrons. The van der Waals surface area contributed by atoms with Gasteiger partial charge < -0.3 is 28.6 Å². The van der Waals surface area contributed by atoms with Gasteiger partial charge in [-0.1, -0.05) is 18.2 Å². The van der Waals surface area contributed by atoms with Crippen LogP contribution in [0, 0.1) is 11.6 Å². The second-order valence-corrected chi connectivity index (χ2v) is 12.9. The Labute approximate surface area is 272 Å². The molecule has 1 amide bonds. The first-order valence-corrected chi connectivity index (χ1v) is 15.7. The Morgan fingerprint density at radius 1 is 1.00 bits per heavy atom. The topological polar surface area (TPSA) is 95.5 Å². The Morgan fingerprint density at radius 3 is 2.40 bits per heavy atom. The summed E-state index contributed by atoms with van der Waals surface area (Å²) in [6, 6.07) is 10.1. The quantitative estimate of drug-likeness (QED) is 0.188. The van der Waals surface area contributed by atoms with Crippen molar-refractivity contribution in [1.29, 1.82) is 0 Å². The number of anilines is 1. The molecule has 6 rings (SSSR count). The molecular weight excluding hydrogens is 610 g/mol. The maximum absolute atomic E-state index is 16.9. The van der Waals surface area contributed by atoms with Gasteiger partial charge in [0, 0.05) is 32.7 Å². The first kappa shape index (κ1) is 32.6. The summed E-state index contributed by atoms with van der Waals surface area (Å²) < 4.78 is 60.6. The molecule has 2 aliphatic heterocycles. The van der Waals surface area contributed by atoms with E-state index in [2.05, 4.69) is 9.97 Å². The molecule has 0 radical (unpaired) electrons. The van der Waals surface area contributed by atoms with Crippen LogP contribution in [-0.4, -0.2) is 86.5 Å². The number of carbonyl (C=O) groups excluding carboxylic acids is 1. The number of aromatic nitrogens is 2. The van der Waals surface area contributed by atoms with E-state index in [9.17, 15) is 4.79 Å². The van der Waals surface area contributed by atoms with Crippen LogP contribution in [0.3, 0.4) is 0 Å². The lowest BCUT2D eigenvalue weighted by Crippen LogP contribution is -2.57. The van der Waals surface area contributed by atoms with Crippen LogP contribution in [0.5, 0.6) is 11.8 Å². The Balaban J connectivity index is 1.48. The molecule has 12 heteroatoms. The summed E-state index contributed by atoms with van der Waals surface area (Å²) in [6.07, 6.45) is 1.75. The fourth-order valence-corrected chi connectivity index (χ4v) is 6.73. The number of nitrogens with zero attached hydrogens (tertiary/aromatic N) is 4. The zero-order valence-electron chi connectivity index (χ0n) is 27.6. The van der Waals surface area contributed by atoms with E-state index < -0.39 is 17.2 Å². The molecule has 2 aliphatic rings. The number of amides is 1. The second-order valence-electron chi connectivity index (χ2n) is 12.9. The highest BCUT2D eigenvalue weighted by Crippen LogP contribution is 2.42. The minimum Gasteiger partial charge on any atom is -0.468 e. The van der Waals surface area contributed by atoms with E-state index in [1.54, 1.807) is 18.1 Å². The van der Waals surface area contributed by atoms with E-state index in [0.717, 1.165) is 23.8 Å². The number of rotatable bonds is 9. The van der Waals surface area contributed by atoms with E-state index >= 15 is 8.78 Å². The van der Waals surface area contributed by atoms with Gasteiger partial charge in [0.15, 0.2) is 12.6 Å². The van der Waals surface area contributed by atoms with Crippen molar-refractivity contribution in [2.24, 2.45) is 0 Å². The molecule has 0 spiro atoms. The molecule has 10 nitrogen and oxygen atoms in total. The van der Waals surface area contributed by atoms with Gasteiger partial charge in [-0.05, 0) is 80.1 Å². The normalized spacial score (nSPS) is 17.9. The monoisotopic (exact) mass is 650 g/mol. The van der Waals surface area contributed by atoms with E-state index in [0.29, 0.717) is 48.6 Å². The van der Waals surface area contributed by atoms with Gasteiger partial charge in [0.25, 0.3) is 0 Å². The van der Waals surface area contributed by atoms with E-state index in [1.807, 2.05) is 49.9 Å². The molecule has 2 bridgehead atoms. The highest BCUT2D eigenvalue weighted by atomic mass is 19.1. The number of halogens is 2. The zero-order chi connectivity index (χ0) is 33.5. The Morgan fingerprint density at radius 2 is 1.74 bits per heavy atom. The summed E-state index contributed by atoms with van der Waals surface area (Å²) >= 11 is 0. The fourth-order valence-electron chi connectivity index (χ4n) is 6.73. The average Bonchev–Trinajstić information content (AvgIpc) is 3.30. The van der Waals surface area contributed by atoms with Gasteiger partial charge in [0.1, 0.15) is 28.5 Å². The van der Waals surface area contributed by atoms with Crippen LogP contribution in [0.4, 0.5) is 19.4 Å². The molecule has 1 aromatic heterocycles. The van der Waals surface area contributed by atoms with Crippen LogP contribution >= 0.6 is 0 Å². The van der Waals surface area contributed by atoms with Gasteiger partial charge in [0.2, 0.25) is 0 Å². The second kappa shape index (κ2) is 13.1. The highest BCUT2D eigenvalue weighted by molar-refractivity contribution is 6.03. The number of methoxy groups -OCH3 is 3. The molecule has 47 heavy (non-hydrogen) atoms. The predicted molar refractivity (Wildman–Crippen MR) is 174 cm³/mol. The number of carbonyl (C=O) groups is 1. The predicted octanol–water partition coefficient (Wildman–Crippen LogP) is 6.50. The third-order valence-corrected chi connectivity index (χ3v) is 8.64. The summed E-state index contributed by atoms with van der Waals surface area (Å²) in [6.45, 7) is 6.75. The lowest BCUT2D eigenvalue weighted by Gasteiger charge is -2.42. The first-order chi connectivity index (χ1) is 22.5. The Kier molecular flexibility index (Phi) is 9.08. The lowest BCUT2D eigenvalue weighted by molar-refractivity contribution is 0.0122. The molecule has 2 fully saturated rings. The Bertz CT molecular complexity index is 1800. The minimum atomic E-state index is -0.843. The smallest absolute Gasteiger partial charge is 0.410 e. The molecule has 0 aliphatic carbocycles. The van der Waals surface area contributed by atoms with Crippen LogP contribution in [0.15, 0.2) is 36.4 Å². The van der Waals surface area contributed by atoms with Gasteiger partial charge in [-0.2, -0.15) is 9.97 Å². The minimum absolute atomic E-state index is 0.0338. The molecule has 2 saturated heterocycles. The Hall–Kier alpha value is -4.29. The molecular formula is C35H40F2N4O6. The molecule has 0 N–H and O–H groups in total. The van der Waals surface area contributed by atoms with Gasteiger partial charge in [-0.3, -0.25) is 4.90 Å². The van der Waals surface area contributed by atoms with Crippen molar-refractivity contribution < 1.29 is 37.3 Å². The van der Waals surface area contributed by atoms with Crippen LogP contribution in [0.25, 0.3) is 32.8 Å². The van der Waals surface area contributed by atoms with Crippen molar-refractivity contribution in [3.63, 3.8) is 0 Å². The third kappa shape index (κ3) is 6.36. The first-order valence-electron chi connectivity index (χ1n) is 15.7. The SMILES string of the molecule is COCCc1cccc2cc(OCOC)cc(-c3c(F)cc4c(N5CC6CCC(C5)N6C(=O)OC(C)(C)C)nc(OC)nc4c3F)c12. The maximum Gasteiger partial charge on any atom is 0.410 e. The number of hydrogen-bond acceptors (Lipinski definition) is 9. The average molecular weight is 651 g/mol. The maximum atomic E-state index is 16.9. The van der Waals surface area contributed by atoms with Gasteiger partial charge >= 0.3 is 12.1 Å². The summed E-state index contributed by atoms with van der Waals surface area (Å²) in [4.78, 5) is 25.8. The molecule has 4 aromatic rings. The summed E-state index contributed by atoms with van der Waals surface area (Å²) in [5, 5.41) is 1.65. The van der Waals surface area contributed by atoms with Crippen molar-refractivity contribution in [1.82, 2.24) is 14.9 Å². The van der Waals surface area contributed by atoms with Crippen LogP contribution in [0.1, 0.15) is 39.2 Å². The van der Waals surface area contributed by atoms with Crippen molar-refractivity contribution in [2.45, 2.75) is 57.7 Å². The van der Waals surface area contributed by atoms with E-state index in [4.69, 9.17) is 23.7 Å². The summed E-state index contributed by atoms with van der Waals surface area (Å²) in [5.41, 5.74) is 0.255. The van der Waals surface area contributed by atoms with Gasteiger partial charge in [0.05, 0.1) is 31.4 Å². The number of fused-ring (bicyclic) bond motifs is 4. The number of hydrogen-bond donors (Lipinski definition) is 0. The third-order valence-electron chi connectivity index (χ3n) is 8.64. The standard InChI is InChI=1S/C35H40F2N4O6/c1-35(2,3)47-34(42)41-22-10-11-23(41)18-40(17-22)32-26-16-27(36)29(30(37)31(26)38-33(39-32)45-6)25-15-24(46-19-44-5)14-21-9-7-8-20(28(21)25)12-13-43-4/h7-9,14-16,22-23H,10-13,17-19H2,1-6H3. The summed E-state index contributed by atoms with van der Waals surface area (Å²) in [7, 11) is 4.52. The van der Waals surface area contributed by atoms with Gasteiger partial charge in [-0.15, -0.1) is 0 Å². The molecule has 3 aromatic carbocycles. The molecule has 0 saturated carbocycles. The molecule has 2 atom stereocenters. The number of benzene rings is 3. The largest absolute Gasteiger partial charge is 0.468 e. The molecule has 2 unspecified atom stereocenters. The van der Waals surface area contributed by atoms with Crippen molar-refractivity contribution in [2.75, 3.05) is 52.7 Å². The highest BCUT2D eigenvalue weighted by Gasteiger charge is 2.45. The summed E-state index contributed by atoms with van der Waals surface area (Å²) in [5.74, 6) is -0.868. The van der Waals surface area contributed by atoms with Crippen molar-refractivity contribution >= 4 is 33.6 Å².